The van der Waals surface area contributed by atoms with Crippen molar-refractivity contribution >= 4 is 11.6 Å². The Morgan fingerprint density at radius 2 is 2.38 bits per heavy atom. The third-order valence-electron chi connectivity index (χ3n) is 1.62. The minimum absolute atomic E-state index is 0.0850. The average molecular weight is 176 g/mol. The second-order valence-corrected chi connectivity index (χ2v) is 2.67. The predicted octanol–water partition coefficient (Wildman–Crippen LogP) is -0.243. The molecule has 0 spiro atoms. The van der Waals surface area contributed by atoms with Gasteiger partial charge in [0, 0.05) is 6.20 Å². The van der Waals surface area contributed by atoms with Gasteiger partial charge in [-0.05, 0) is 12.1 Å². The minimum Gasteiger partial charge on any atom is -0.369 e. The van der Waals surface area contributed by atoms with E-state index in [1.807, 2.05) is 18.2 Å². The largest absolute Gasteiger partial charge is 0.369 e. The first-order valence-electron chi connectivity index (χ1n) is 3.84. The van der Waals surface area contributed by atoms with Crippen LogP contribution in [0.1, 0.15) is 5.82 Å². The quantitative estimate of drug-likeness (QED) is 0.686. The second-order valence-electron chi connectivity index (χ2n) is 2.67. The molecule has 2 rings (SSSR count). The molecule has 13 heavy (non-hydrogen) atoms. The van der Waals surface area contributed by atoms with Crippen LogP contribution in [0.5, 0.6) is 0 Å². The molecule has 0 bridgehead atoms. The first-order chi connectivity index (χ1) is 6.25. The summed E-state index contributed by atoms with van der Waals surface area (Å²) in [5.41, 5.74) is 5.74. The summed E-state index contributed by atoms with van der Waals surface area (Å²) in [4.78, 5) is 14.7. The lowest BCUT2D eigenvalue weighted by Crippen LogP contribution is -2.14. The van der Waals surface area contributed by atoms with E-state index in [4.69, 9.17) is 5.73 Å². The standard InChI is InChI=1S/C8H8N4O/c9-6(13)5-7-10-8-3-1-2-4-12(8)11-7/h1-4H,5H2,(H2,9,13). The van der Waals surface area contributed by atoms with Gasteiger partial charge in [-0.1, -0.05) is 6.07 Å². The molecule has 0 atom stereocenters. The number of carbonyl (C=O) groups excluding carboxylic acids is 1. The number of amides is 1. The summed E-state index contributed by atoms with van der Waals surface area (Å²) >= 11 is 0. The molecule has 0 unspecified atom stereocenters. The zero-order valence-electron chi connectivity index (χ0n) is 6.84. The van der Waals surface area contributed by atoms with Gasteiger partial charge < -0.3 is 5.73 Å². The molecule has 0 aliphatic heterocycles. The number of carbonyl (C=O) groups is 1. The van der Waals surface area contributed by atoms with Crippen molar-refractivity contribution < 1.29 is 4.79 Å². The fraction of sp³-hybridized carbons (Fsp3) is 0.125. The molecular weight excluding hydrogens is 168 g/mol. The van der Waals surface area contributed by atoms with Gasteiger partial charge in [0.05, 0.1) is 6.42 Å². The van der Waals surface area contributed by atoms with E-state index in [0.29, 0.717) is 5.82 Å². The summed E-state index contributed by atoms with van der Waals surface area (Å²) in [5.74, 6) is 0.0367. The summed E-state index contributed by atoms with van der Waals surface area (Å²) in [5, 5.41) is 4.06. The van der Waals surface area contributed by atoms with Crippen LogP contribution in [0.25, 0.3) is 5.65 Å². The maximum absolute atomic E-state index is 10.6. The molecular formula is C8H8N4O. The van der Waals surface area contributed by atoms with Gasteiger partial charge in [0.1, 0.15) is 0 Å². The summed E-state index contributed by atoms with van der Waals surface area (Å²) in [7, 11) is 0. The Balaban J connectivity index is 2.44. The van der Waals surface area contributed by atoms with Gasteiger partial charge in [-0.25, -0.2) is 9.50 Å². The van der Waals surface area contributed by atoms with Gasteiger partial charge in [0.25, 0.3) is 0 Å². The molecule has 0 aliphatic carbocycles. The molecule has 0 saturated carbocycles. The van der Waals surface area contributed by atoms with Crippen molar-refractivity contribution in [2.75, 3.05) is 0 Å². The third kappa shape index (κ3) is 1.48. The lowest BCUT2D eigenvalue weighted by atomic mass is 10.4. The number of fused-ring (bicyclic) bond motifs is 1. The van der Waals surface area contributed by atoms with Crippen LogP contribution in [0.15, 0.2) is 24.4 Å². The smallest absolute Gasteiger partial charge is 0.225 e. The normalized spacial score (nSPS) is 10.5. The van der Waals surface area contributed by atoms with E-state index in [-0.39, 0.29) is 6.42 Å². The van der Waals surface area contributed by atoms with Gasteiger partial charge in [-0.3, -0.25) is 4.79 Å². The number of rotatable bonds is 2. The molecule has 2 heterocycles. The molecule has 0 fully saturated rings. The van der Waals surface area contributed by atoms with Crippen LogP contribution in [-0.2, 0) is 11.2 Å². The molecule has 0 aromatic carbocycles. The van der Waals surface area contributed by atoms with E-state index >= 15 is 0 Å². The molecule has 2 N–H and O–H groups in total. The van der Waals surface area contributed by atoms with Crippen molar-refractivity contribution in [3.8, 4) is 0 Å². The lowest BCUT2D eigenvalue weighted by molar-refractivity contribution is -0.117. The lowest BCUT2D eigenvalue weighted by Gasteiger charge is -1.85. The number of primary amides is 1. The van der Waals surface area contributed by atoms with Crippen molar-refractivity contribution in [2.45, 2.75) is 6.42 Å². The van der Waals surface area contributed by atoms with Crippen LogP contribution >= 0.6 is 0 Å². The summed E-state index contributed by atoms with van der Waals surface area (Å²) < 4.78 is 1.61. The molecule has 0 saturated heterocycles. The maximum atomic E-state index is 10.6. The number of hydrogen-bond acceptors (Lipinski definition) is 3. The summed E-state index contributed by atoms with van der Waals surface area (Å²) in [6.07, 6.45) is 1.86. The number of aromatic nitrogens is 3. The minimum atomic E-state index is -0.420. The zero-order valence-corrected chi connectivity index (χ0v) is 6.84. The number of hydrogen-bond donors (Lipinski definition) is 1. The Labute approximate surface area is 74.2 Å². The van der Waals surface area contributed by atoms with Crippen molar-refractivity contribution in [3.05, 3.63) is 30.2 Å². The second kappa shape index (κ2) is 2.85. The van der Waals surface area contributed by atoms with E-state index in [1.54, 1.807) is 10.7 Å². The van der Waals surface area contributed by atoms with Gasteiger partial charge in [0.15, 0.2) is 11.5 Å². The highest BCUT2D eigenvalue weighted by Crippen LogP contribution is 2.00. The van der Waals surface area contributed by atoms with E-state index in [0.717, 1.165) is 5.65 Å². The molecule has 5 nitrogen and oxygen atoms in total. The van der Waals surface area contributed by atoms with Gasteiger partial charge in [-0.15, -0.1) is 0 Å². The van der Waals surface area contributed by atoms with Crippen LogP contribution in [0, 0.1) is 0 Å². The molecule has 2 aromatic heterocycles. The highest BCUT2D eigenvalue weighted by molar-refractivity contribution is 5.75. The first-order valence-corrected chi connectivity index (χ1v) is 3.84. The Bertz CT molecular complexity index is 415. The SMILES string of the molecule is NC(=O)Cc1nc2ccccn2n1. The first kappa shape index (κ1) is 7.72. The van der Waals surface area contributed by atoms with Crippen LogP contribution < -0.4 is 5.73 Å². The van der Waals surface area contributed by atoms with Crippen molar-refractivity contribution in [1.82, 2.24) is 14.6 Å². The third-order valence-corrected chi connectivity index (χ3v) is 1.62. The Morgan fingerprint density at radius 3 is 3.08 bits per heavy atom. The monoisotopic (exact) mass is 176 g/mol. The van der Waals surface area contributed by atoms with Crippen molar-refractivity contribution in [2.24, 2.45) is 5.73 Å². The Hall–Kier alpha value is -1.91. The number of pyridine rings is 1. The van der Waals surface area contributed by atoms with Crippen molar-refractivity contribution in [1.29, 1.82) is 0 Å². The highest BCUT2D eigenvalue weighted by atomic mass is 16.1. The van der Waals surface area contributed by atoms with Gasteiger partial charge in [0.2, 0.25) is 5.91 Å². The van der Waals surface area contributed by atoms with Gasteiger partial charge >= 0.3 is 0 Å². The average Bonchev–Trinajstić information content (AvgIpc) is 2.44. The highest BCUT2D eigenvalue weighted by Gasteiger charge is 2.04. The van der Waals surface area contributed by atoms with Gasteiger partial charge in [-0.2, -0.15) is 5.10 Å². The molecule has 2 aromatic rings. The topological polar surface area (TPSA) is 73.3 Å². The van der Waals surface area contributed by atoms with Crippen LogP contribution in [0.2, 0.25) is 0 Å². The Kier molecular flexibility index (Phi) is 1.70. The molecule has 0 aliphatic rings. The molecule has 1 amide bonds. The fourth-order valence-corrected chi connectivity index (χ4v) is 1.11. The Morgan fingerprint density at radius 1 is 1.54 bits per heavy atom. The maximum Gasteiger partial charge on any atom is 0.225 e. The van der Waals surface area contributed by atoms with E-state index in [1.165, 1.54) is 0 Å². The number of nitrogens with two attached hydrogens (primary N) is 1. The van der Waals surface area contributed by atoms with Crippen LogP contribution in [0.4, 0.5) is 0 Å². The molecule has 66 valence electrons. The van der Waals surface area contributed by atoms with Crippen molar-refractivity contribution in [3.63, 3.8) is 0 Å². The zero-order chi connectivity index (χ0) is 9.26. The number of nitrogens with zero attached hydrogens (tertiary/aromatic N) is 3. The fourth-order valence-electron chi connectivity index (χ4n) is 1.11. The van der Waals surface area contributed by atoms with E-state index in [9.17, 15) is 4.79 Å². The van der Waals surface area contributed by atoms with Crippen LogP contribution in [-0.4, -0.2) is 20.5 Å². The summed E-state index contributed by atoms with van der Waals surface area (Å²) in [6, 6.07) is 5.52. The molecule has 0 radical (unpaired) electrons. The van der Waals surface area contributed by atoms with E-state index < -0.39 is 5.91 Å². The molecule has 5 heteroatoms. The van der Waals surface area contributed by atoms with Crippen LogP contribution in [0.3, 0.4) is 0 Å². The predicted molar refractivity (Wildman–Crippen MR) is 45.9 cm³/mol. The van der Waals surface area contributed by atoms with E-state index in [2.05, 4.69) is 10.1 Å². The summed E-state index contributed by atoms with van der Waals surface area (Å²) in [6.45, 7) is 0.